The molecule has 136 valence electrons. The number of rotatable bonds is 4. The fraction of sp³-hybridized carbons (Fsp3) is 0.227. The topological polar surface area (TPSA) is 59.2 Å². The highest BCUT2D eigenvalue weighted by molar-refractivity contribution is 5.95. The molecule has 0 aliphatic carbocycles. The second-order valence-corrected chi connectivity index (χ2v) is 6.54. The van der Waals surface area contributed by atoms with E-state index in [2.05, 4.69) is 28.3 Å². The van der Waals surface area contributed by atoms with Gasteiger partial charge in [-0.1, -0.05) is 60.6 Å². The molecule has 1 aromatic heterocycles. The Morgan fingerprint density at radius 1 is 1.07 bits per heavy atom. The van der Waals surface area contributed by atoms with Crippen LogP contribution in [0.3, 0.4) is 0 Å². The molecule has 2 heterocycles. The van der Waals surface area contributed by atoms with E-state index in [0.717, 1.165) is 18.5 Å². The number of aromatic nitrogens is 2. The van der Waals surface area contributed by atoms with Crippen LogP contribution in [0.15, 0.2) is 65.2 Å². The van der Waals surface area contributed by atoms with Gasteiger partial charge in [0.05, 0.1) is 0 Å². The molecule has 27 heavy (non-hydrogen) atoms. The Hall–Kier alpha value is -3.21. The fourth-order valence-corrected chi connectivity index (χ4v) is 3.23. The molecule has 1 aliphatic rings. The second-order valence-electron chi connectivity index (χ2n) is 6.54. The van der Waals surface area contributed by atoms with Gasteiger partial charge in [0.15, 0.2) is 0 Å². The highest BCUT2D eigenvalue weighted by Crippen LogP contribution is 2.23. The normalized spacial score (nSPS) is 14.1. The van der Waals surface area contributed by atoms with E-state index in [-0.39, 0.29) is 5.91 Å². The number of nitrogens with zero attached hydrogens (tertiary/aromatic N) is 3. The summed E-state index contributed by atoms with van der Waals surface area (Å²) in [5.41, 5.74) is 4.06. The number of hydrogen-bond donors (Lipinski definition) is 0. The monoisotopic (exact) mass is 359 g/mol. The molecule has 1 aliphatic heterocycles. The van der Waals surface area contributed by atoms with Crippen LogP contribution in [0, 0.1) is 0 Å². The first kappa shape index (κ1) is 17.2. The van der Waals surface area contributed by atoms with Crippen LogP contribution >= 0.6 is 0 Å². The number of aryl methyl sites for hydroxylation is 1. The second kappa shape index (κ2) is 7.58. The molecule has 0 fully saturated rings. The van der Waals surface area contributed by atoms with Gasteiger partial charge in [-0.15, -0.1) is 0 Å². The SMILES string of the molecule is CCc1nc(-c2ccc(C(=O)N3CC=C(c4ccccc4)CC3)cc2)no1. The van der Waals surface area contributed by atoms with Gasteiger partial charge in [0.2, 0.25) is 11.7 Å². The molecule has 3 aromatic rings. The molecule has 0 atom stereocenters. The zero-order valence-electron chi connectivity index (χ0n) is 15.3. The first-order valence-electron chi connectivity index (χ1n) is 9.21. The average Bonchev–Trinajstić information content (AvgIpc) is 3.23. The number of amides is 1. The van der Waals surface area contributed by atoms with E-state index < -0.39 is 0 Å². The zero-order chi connectivity index (χ0) is 18.6. The van der Waals surface area contributed by atoms with Crippen molar-refractivity contribution in [1.29, 1.82) is 0 Å². The number of hydrogen-bond acceptors (Lipinski definition) is 4. The first-order chi connectivity index (χ1) is 13.2. The van der Waals surface area contributed by atoms with E-state index in [0.29, 0.717) is 30.2 Å². The lowest BCUT2D eigenvalue weighted by Gasteiger charge is -2.26. The van der Waals surface area contributed by atoms with Gasteiger partial charge in [0, 0.05) is 30.6 Å². The quantitative estimate of drug-likeness (QED) is 0.699. The van der Waals surface area contributed by atoms with Crippen molar-refractivity contribution in [2.24, 2.45) is 0 Å². The maximum Gasteiger partial charge on any atom is 0.254 e. The van der Waals surface area contributed by atoms with Crippen molar-refractivity contribution in [2.45, 2.75) is 19.8 Å². The van der Waals surface area contributed by atoms with Crippen molar-refractivity contribution in [3.63, 3.8) is 0 Å². The number of carbonyl (C=O) groups excluding carboxylic acids is 1. The largest absolute Gasteiger partial charge is 0.339 e. The molecule has 0 unspecified atom stereocenters. The third-order valence-electron chi connectivity index (χ3n) is 4.80. The Kier molecular flexibility index (Phi) is 4.83. The van der Waals surface area contributed by atoms with Crippen molar-refractivity contribution in [3.05, 3.63) is 77.7 Å². The van der Waals surface area contributed by atoms with Crippen LogP contribution in [-0.4, -0.2) is 34.0 Å². The number of carbonyl (C=O) groups is 1. The molecule has 0 N–H and O–H groups in total. The molecule has 5 heteroatoms. The molecule has 0 radical (unpaired) electrons. The van der Waals surface area contributed by atoms with Crippen LogP contribution in [0.25, 0.3) is 17.0 Å². The van der Waals surface area contributed by atoms with Crippen molar-refractivity contribution >= 4 is 11.5 Å². The van der Waals surface area contributed by atoms with E-state index in [1.165, 1.54) is 11.1 Å². The van der Waals surface area contributed by atoms with Crippen LogP contribution in [0.5, 0.6) is 0 Å². The summed E-state index contributed by atoms with van der Waals surface area (Å²) in [5.74, 6) is 1.21. The standard InChI is InChI=1S/C22H21N3O2/c1-2-20-23-21(24-27-20)18-8-10-19(11-9-18)22(26)25-14-12-17(13-15-25)16-6-4-3-5-7-16/h3-12H,2,13-15H2,1H3. The Bertz CT molecular complexity index is 959. The first-order valence-corrected chi connectivity index (χ1v) is 9.21. The summed E-state index contributed by atoms with van der Waals surface area (Å²) in [5, 5.41) is 3.97. The van der Waals surface area contributed by atoms with Crippen LogP contribution in [-0.2, 0) is 6.42 Å². The minimum Gasteiger partial charge on any atom is -0.339 e. The van der Waals surface area contributed by atoms with Gasteiger partial charge in [-0.2, -0.15) is 4.98 Å². The Morgan fingerprint density at radius 3 is 2.48 bits per heavy atom. The van der Waals surface area contributed by atoms with Gasteiger partial charge < -0.3 is 9.42 Å². The summed E-state index contributed by atoms with van der Waals surface area (Å²) in [6, 6.07) is 17.7. The molecule has 1 amide bonds. The van der Waals surface area contributed by atoms with Gasteiger partial charge >= 0.3 is 0 Å². The van der Waals surface area contributed by atoms with E-state index in [4.69, 9.17) is 4.52 Å². The third kappa shape index (κ3) is 3.67. The third-order valence-corrected chi connectivity index (χ3v) is 4.80. The maximum absolute atomic E-state index is 12.8. The lowest BCUT2D eigenvalue weighted by molar-refractivity contribution is 0.0773. The molecule has 4 rings (SSSR count). The molecule has 2 aromatic carbocycles. The van der Waals surface area contributed by atoms with Crippen molar-refractivity contribution < 1.29 is 9.32 Å². The summed E-state index contributed by atoms with van der Waals surface area (Å²) in [6.07, 6.45) is 3.73. The Balaban J connectivity index is 1.45. The van der Waals surface area contributed by atoms with E-state index in [1.807, 2.05) is 54.3 Å². The van der Waals surface area contributed by atoms with Gasteiger partial charge in [0.1, 0.15) is 0 Å². The molecule has 0 saturated heterocycles. The van der Waals surface area contributed by atoms with E-state index in [9.17, 15) is 4.79 Å². The molecule has 5 nitrogen and oxygen atoms in total. The predicted octanol–water partition coefficient (Wildman–Crippen LogP) is 4.23. The predicted molar refractivity (Wildman–Crippen MR) is 104 cm³/mol. The molecule has 0 spiro atoms. The van der Waals surface area contributed by atoms with Crippen LogP contribution in [0.4, 0.5) is 0 Å². The minimum absolute atomic E-state index is 0.0484. The average molecular weight is 359 g/mol. The highest BCUT2D eigenvalue weighted by Gasteiger charge is 2.19. The molecular formula is C22H21N3O2. The summed E-state index contributed by atoms with van der Waals surface area (Å²) < 4.78 is 5.14. The van der Waals surface area contributed by atoms with Gasteiger partial charge in [-0.05, 0) is 29.7 Å². The van der Waals surface area contributed by atoms with E-state index in [1.54, 1.807) is 0 Å². The van der Waals surface area contributed by atoms with E-state index >= 15 is 0 Å². The van der Waals surface area contributed by atoms with Crippen LogP contribution in [0.1, 0.15) is 35.2 Å². The smallest absolute Gasteiger partial charge is 0.254 e. The lowest BCUT2D eigenvalue weighted by Crippen LogP contribution is -2.34. The van der Waals surface area contributed by atoms with Gasteiger partial charge in [-0.25, -0.2) is 0 Å². The van der Waals surface area contributed by atoms with Crippen molar-refractivity contribution in [3.8, 4) is 11.4 Å². The van der Waals surface area contributed by atoms with Gasteiger partial charge in [0.25, 0.3) is 5.91 Å². The summed E-state index contributed by atoms with van der Waals surface area (Å²) in [7, 11) is 0. The molecule has 0 bridgehead atoms. The minimum atomic E-state index is 0.0484. The number of benzene rings is 2. The summed E-state index contributed by atoms with van der Waals surface area (Å²) >= 11 is 0. The summed E-state index contributed by atoms with van der Waals surface area (Å²) in [6.45, 7) is 3.33. The van der Waals surface area contributed by atoms with Crippen molar-refractivity contribution in [2.75, 3.05) is 13.1 Å². The summed E-state index contributed by atoms with van der Waals surface area (Å²) in [4.78, 5) is 19.0. The Labute approximate surface area is 158 Å². The van der Waals surface area contributed by atoms with Crippen molar-refractivity contribution in [1.82, 2.24) is 15.0 Å². The highest BCUT2D eigenvalue weighted by atomic mass is 16.5. The zero-order valence-corrected chi connectivity index (χ0v) is 15.3. The van der Waals surface area contributed by atoms with Gasteiger partial charge in [-0.3, -0.25) is 4.79 Å². The molecule has 0 saturated carbocycles. The van der Waals surface area contributed by atoms with Crippen LogP contribution < -0.4 is 0 Å². The lowest BCUT2D eigenvalue weighted by atomic mass is 9.99. The molecular weight excluding hydrogens is 338 g/mol. The van der Waals surface area contributed by atoms with Crippen LogP contribution in [0.2, 0.25) is 0 Å². The maximum atomic E-state index is 12.8. The fourth-order valence-electron chi connectivity index (χ4n) is 3.23. The Morgan fingerprint density at radius 2 is 1.85 bits per heavy atom.